The van der Waals surface area contributed by atoms with E-state index in [2.05, 4.69) is 20.5 Å². The number of benzene rings is 1. The Labute approximate surface area is 228 Å². The van der Waals surface area contributed by atoms with Crippen LogP contribution in [0.25, 0.3) is 0 Å². The summed E-state index contributed by atoms with van der Waals surface area (Å²) in [5.74, 6) is -1.26. The number of hydrogen-bond donors (Lipinski definition) is 3. The van der Waals surface area contributed by atoms with E-state index in [1.807, 2.05) is 25.7 Å². The zero-order valence-electron chi connectivity index (χ0n) is 22.8. The first-order chi connectivity index (χ1) is 18.5. The molecule has 2 heterocycles. The topological polar surface area (TPSA) is 132 Å². The number of carbonyl (C=O) groups is 4. The summed E-state index contributed by atoms with van der Waals surface area (Å²) in [5, 5.41) is 15.2. The lowest BCUT2D eigenvalue weighted by Gasteiger charge is -2.37. The van der Waals surface area contributed by atoms with E-state index in [0.717, 1.165) is 18.5 Å². The van der Waals surface area contributed by atoms with Gasteiger partial charge in [0.1, 0.15) is 0 Å². The lowest BCUT2D eigenvalue weighted by Crippen LogP contribution is -2.49. The third-order valence-electron chi connectivity index (χ3n) is 6.85. The van der Waals surface area contributed by atoms with E-state index in [1.54, 1.807) is 36.5 Å². The van der Waals surface area contributed by atoms with Crippen LogP contribution in [0.3, 0.4) is 0 Å². The molecule has 0 radical (unpaired) electrons. The number of aliphatic carboxylic acids is 1. The van der Waals surface area contributed by atoms with Gasteiger partial charge in [0, 0.05) is 56.5 Å². The van der Waals surface area contributed by atoms with Crippen molar-refractivity contribution < 1.29 is 24.3 Å². The standard InChI is InChI=1S/C29H37N5O5/c1-29(2,3)17-25(35)31-23-15-20(27(38)32-22(16-26(36)37)21-5-4-10-30-18-21)8-9-24(23)33-11-13-34(14-12-33)28(39)19-6-7-19/h4-5,8-10,15,18-19,22H,6-7,11-14,16-17H2,1-3H3,(H,31,35)(H,32,38)(H,36,37). The first-order valence-corrected chi connectivity index (χ1v) is 13.4. The number of amides is 3. The van der Waals surface area contributed by atoms with Crippen LogP contribution in [0.15, 0.2) is 42.7 Å². The number of hydrogen-bond acceptors (Lipinski definition) is 6. The van der Waals surface area contributed by atoms with E-state index in [0.29, 0.717) is 49.4 Å². The van der Waals surface area contributed by atoms with Crippen molar-refractivity contribution in [3.05, 3.63) is 53.9 Å². The molecule has 2 aliphatic rings. The summed E-state index contributed by atoms with van der Waals surface area (Å²) in [6.45, 7) is 8.39. The second-order valence-corrected chi connectivity index (χ2v) is 11.5. The summed E-state index contributed by atoms with van der Waals surface area (Å²) in [5.41, 5.74) is 1.95. The van der Waals surface area contributed by atoms with Gasteiger partial charge in [0.15, 0.2) is 0 Å². The number of anilines is 2. The first kappa shape index (κ1) is 28.1. The Morgan fingerprint density at radius 3 is 2.38 bits per heavy atom. The van der Waals surface area contributed by atoms with E-state index < -0.39 is 17.9 Å². The molecule has 2 fully saturated rings. The molecule has 10 nitrogen and oxygen atoms in total. The van der Waals surface area contributed by atoms with E-state index >= 15 is 0 Å². The Balaban J connectivity index is 1.55. The van der Waals surface area contributed by atoms with Gasteiger partial charge < -0.3 is 25.5 Å². The molecule has 1 aromatic carbocycles. The average Bonchev–Trinajstić information content (AvgIpc) is 3.73. The molecule has 39 heavy (non-hydrogen) atoms. The molecule has 1 aromatic heterocycles. The van der Waals surface area contributed by atoms with E-state index in [1.165, 1.54) is 6.20 Å². The molecule has 2 aromatic rings. The SMILES string of the molecule is CC(C)(C)CC(=O)Nc1cc(C(=O)NC(CC(=O)O)c2cccnc2)ccc1N1CCN(C(=O)C2CC2)CC1. The molecule has 1 unspecified atom stereocenters. The highest BCUT2D eigenvalue weighted by atomic mass is 16.4. The van der Waals surface area contributed by atoms with Gasteiger partial charge in [0.2, 0.25) is 11.8 Å². The van der Waals surface area contributed by atoms with Crippen molar-refractivity contribution in [3.8, 4) is 0 Å². The summed E-state index contributed by atoms with van der Waals surface area (Å²) in [6.07, 6.45) is 5.06. The minimum absolute atomic E-state index is 0.164. The van der Waals surface area contributed by atoms with Crippen LogP contribution in [0.1, 0.15) is 68.4 Å². The molecular formula is C29H37N5O5. The molecule has 208 valence electrons. The van der Waals surface area contributed by atoms with Crippen molar-refractivity contribution in [3.63, 3.8) is 0 Å². The second kappa shape index (κ2) is 11.8. The summed E-state index contributed by atoms with van der Waals surface area (Å²) in [6, 6.07) is 7.75. The number of rotatable bonds is 9. The van der Waals surface area contributed by atoms with Crippen LogP contribution in [0.5, 0.6) is 0 Å². The zero-order chi connectivity index (χ0) is 28.2. The molecule has 10 heteroatoms. The number of nitrogens with one attached hydrogen (secondary N) is 2. The van der Waals surface area contributed by atoms with Gasteiger partial charge in [-0.3, -0.25) is 24.2 Å². The summed E-state index contributed by atoms with van der Waals surface area (Å²) in [7, 11) is 0. The molecule has 4 rings (SSSR count). The minimum atomic E-state index is -1.05. The zero-order valence-corrected chi connectivity index (χ0v) is 22.8. The fourth-order valence-corrected chi connectivity index (χ4v) is 4.74. The quantitative estimate of drug-likeness (QED) is 0.448. The van der Waals surface area contributed by atoms with E-state index in [-0.39, 0.29) is 29.6 Å². The summed E-state index contributed by atoms with van der Waals surface area (Å²) in [4.78, 5) is 58.2. The van der Waals surface area contributed by atoms with Crippen molar-refractivity contribution in [1.29, 1.82) is 0 Å². The van der Waals surface area contributed by atoms with Crippen LogP contribution < -0.4 is 15.5 Å². The lowest BCUT2D eigenvalue weighted by molar-refractivity contribution is -0.137. The monoisotopic (exact) mass is 535 g/mol. The lowest BCUT2D eigenvalue weighted by atomic mass is 9.92. The molecular weight excluding hydrogens is 498 g/mol. The third kappa shape index (κ3) is 7.78. The maximum Gasteiger partial charge on any atom is 0.305 e. The van der Waals surface area contributed by atoms with Crippen LogP contribution >= 0.6 is 0 Å². The highest BCUT2D eigenvalue weighted by molar-refractivity contribution is 6.00. The first-order valence-electron chi connectivity index (χ1n) is 13.4. The molecule has 3 N–H and O–H groups in total. The highest BCUT2D eigenvalue weighted by Crippen LogP contribution is 2.33. The maximum absolute atomic E-state index is 13.3. The Bertz CT molecular complexity index is 1210. The largest absolute Gasteiger partial charge is 0.481 e. The highest BCUT2D eigenvalue weighted by Gasteiger charge is 2.35. The van der Waals surface area contributed by atoms with Gasteiger partial charge in [-0.25, -0.2) is 0 Å². The maximum atomic E-state index is 13.3. The van der Waals surface area contributed by atoms with Crippen LogP contribution in [-0.2, 0) is 14.4 Å². The predicted octanol–water partition coefficient (Wildman–Crippen LogP) is 3.46. The van der Waals surface area contributed by atoms with Crippen molar-refractivity contribution in [1.82, 2.24) is 15.2 Å². The number of nitrogens with zero attached hydrogens (tertiary/aromatic N) is 3. The molecule has 0 spiro atoms. The van der Waals surface area contributed by atoms with Crippen molar-refractivity contribution in [2.75, 3.05) is 36.4 Å². The van der Waals surface area contributed by atoms with Crippen molar-refractivity contribution >= 4 is 35.1 Å². The molecule has 1 saturated carbocycles. The van der Waals surface area contributed by atoms with Crippen LogP contribution in [0.2, 0.25) is 0 Å². The van der Waals surface area contributed by atoms with Gasteiger partial charge >= 0.3 is 5.97 Å². The minimum Gasteiger partial charge on any atom is -0.481 e. The van der Waals surface area contributed by atoms with Gasteiger partial charge in [0.25, 0.3) is 5.91 Å². The van der Waals surface area contributed by atoms with Gasteiger partial charge in [0.05, 0.1) is 23.8 Å². The molecule has 1 aliphatic carbocycles. The fraction of sp³-hybridized carbons (Fsp3) is 0.483. The molecule has 1 saturated heterocycles. The van der Waals surface area contributed by atoms with Gasteiger partial charge in [-0.05, 0) is 48.1 Å². The Kier molecular flexibility index (Phi) is 8.52. The van der Waals surface area contributed by atoms with Crippen LogP contribution in [0, 0.1) is 11.3 Å². The Morgan fingerprint density at radius 2 is 1.79 bits per heavy atom. The molecule has 1 atom stereocenters. The van der Waals surface area contributed by atoms with Crippen molar-refractivity contribution in [2.24, 2.45) is 11.3 Å². The summed E-state index contributed by atoms with van der Waals surface area (Å²) >= 11 is 0. The van der Waals surface area contributed by atoms with Gasteiger partial charge in [-0.15, -0.1) is 0 Å². The van der Waals surface area contributed by atoms with E-state index in [9.17, 15) is 24.3 Å². The fourth-order valence-electron chi connectivity index (χ4n) is 4.74. The smallest absolute Gasteiger partial charge is 0.305 e. The predicted molar refractivity (Wildman–Crippen MR) is 147 cm³/mol. The Morgan fingerprint density at radius 1 is 1.08 bits per heavy atom. The second-order valence-electron chi connectivity index (χ2n) is 11.5. The number of carboxylic acids is 1. The molecule has 0 bridgehead atoms. The number of aromatic nitrogens is 1. The summed E-state index contributed by atoms with van der Waals surface area (Å²) < 4.78 is 0. The molecule has 3 amide bonds. The number of pyridine rings is 1. The molecule has 1 aliphatic heterocycles. The number of carboxylic acid groups (broad SMARTS) is 1. The van der Waals surface area contributed by atoms with Gasteiger partial charge in [-0.2, -0.15) is 0 Å². The Hall–Kier alpha value is -3.95. The number of piperazine rings is 1. The van der Waals surface area contributed by atoms with Crippen LogP contribution in [-0.4, -0.2) is 64.9 Å². The van der Waals surface area contributed by atoms with Gasteiger partial charge in [-0.1, -0.05) is 26.8 Å². The number of carbonyl (C=O) groups excluding carboxylic acids is 3. The van der Waals surface area contributed by atoms with E-state index in [4.69, 9.17) is 0 Å². The normalized spacial score (nSPS) is 16.4. The van der Waals surface area contributed by atoms with Crippen LogP contribution in [0.4, 0.5) is 11.4 Å². The van der Waals surface area contributed by atoms with Crippen molar-refractivity contribution in [2.45, 2.75) is 52.5 Å². The third-order valence-corrected chi connectivity index (χ3v) is 6.85. The average molecular weight is 536 g/mol.